The van der Waals surface area contributed by atoms with E-state index in [1.807, 2.05) is 0 Å². The molecule has 1 aliphatic rings. The minimum absolute atomic E-state index is 0.0103. The van der Waals surface area contributed by atoms with Gasteiger partial charge in [0.25, 0.3) is 5.91 Å². The molecule has 1 saturated heterocycles. The lowest BCUT2D eigenvalue weighted by Crippen LogP contribution is -2.43. The summed E-state index contributed by atoms with van der Waals surface area (Å²) in [6.07, 6.45) is 1.78. The van der Waals surface area contributed by atoms with E-state index >= 15 is 0 Å². The first-order chi connectivity index (χ1) is 9.11. The van der Waals surface area contributed by atoms with Gasteiger partial charge >= 0.3 is 0 Å². The van der Waals surface area contributed by atoms with E-state index in [2.05, 4.69) is 17.3 Å². The number of methoxy groups -OCH3 is 1. The molecule has 1 aromatic carbocycles. The Morgan fingerprint density at radius 1 is 1.42 bits per heavy atom. The van der Waals surface area contributed by atoms with Crippen molar-refractivity contribution in [3.8, 4) is 5.75 Å². The normalized spacial score (nSPS) is 17.2. The van der Waals surface area contributed by atoms with Gasteiger partial charge in [0.15, 0.2) is 0 Å². The van der Waals surface area contributed by atoms with E-state index in [-0.39, 0.29) is 17.4 Å². The molecule has 4 nitrogen and oxygen atoms in total. The molecular formula is C14H19FN2O2. The van der Waals surface area contributed by atoms with Crippen LogP contribution in [0.1, 0.15) is 23.2 Å². The SMILES string of the molecule is COc1cccc(F)c1C(=O)NC1CCN(C)CC1. The number of hydrogen-bond acceptors (Lipinski definition) is 3. The number of nitrogens with one attached hydrogen (secondary N) is 1. The Kier molecular flexibility index (Phi) is 4.37. The highest BCUT2D eigenvalue weighted by Gasteiger charge is 2.23. The van der Waals surface area contributed by atoms with Crippen LogP contribution in [0.5, 0.6) is 5.75 Å². The van der Waals surface area contributed by atoms with Crippen molar-refractivity contribution in [1.82, 2.24) is 10.2 Å². The molecular weight excluding hydrogens is 247 g/mol. The Hall–Kier alpha value is -1.62. The molecule has 0 saturated carbocycles. The van der Waals surface area contributed by atoms with Gasteiger partial charge in [-0.05, 0) is 45.1 Å². The standard InChI is InChI=1S/C14H19FN2O2/c1-17-8-6-10(7-9-17)16-14(18)13-11(15)4-3-5-12(13)19-2/h3-5,10H,6-9H2,1-2H3,(H,16,18). The summed E-state index contributed by atoms with van der Waals surface area (Å²) < 4.78 is 18.8. The molecule has 1 aromatic rings. The van der Waals surface area contributed by atoms with Gasteiger partial charge in [-0.2, -0.15) is 0 Å². The fourth-order valence-corrected chi connectivity index (χ4v) is 2.31. The average molecular weight is 266 g/mol. The number of amides is 1. The van der Waals surface area contributed by atoms with Gasteiger partial charge in [0.1, 0.15) is 17.1 Å². The topological polar surface area (TPSA) is 41.6 Å². The molecule has 1 fully saturated rings. The number of carbonyl (C=O) groups excluding carboxylic acids is 1. The van der Waals surface area contributed by atoms with Crippen molar-refractivity contribution in [2.24, 2.45) is 0 Å². The van der Waals surface area contributed by atoms with Crippen molar-refractivity contribution in [3.05, 3.63) is 29.6 Å². The fourth-order valence-electron chi connectivity index (χ4n) is 2.31. The van der Waals surface area contributed by atoms with E-state index in [0.29, 0.717) is 0 Å². The van der Waals surface area contributed by atoms with Crippen molar-refractivity contribution < 1.29 is 13.9 Å². The number of carbonyl (C=O) groups is 1. The van der Waals surface area contributed by atoms with Gasteiger partial charge in [-0.1, -0.05) is 6.07 Å². The number of hydrogen-bond donors (Lipinski definition) is 1. The number of benzene rings is 1. The van der Waals surface area contributed by atoms with Crippen molar-refractivity contribution in [2.45, 2.75) is 18.9 Å². The molecule has 0 spiro atoms. The first-order valence-corrected chi connectivity index (χ1v) is 6.43. The van der Waals surface area contributed by atoms with Gasteiger partial charge in [-0.3, -0.25) is 4.79 Å². The second-order valence-electron chi connectivity index (χ2n) is 4.87. The Morgan fingerprint density at radius 2 is 2.11 bits per heavy atom. The van der Waals surface area contributed by atoms with Crippen LogP contribution in [0.3, 0.4) is 0 Å². The van der Waals surface area contributed by atoms with Gasteiger partial charge in [-0.15, -0.1) is 0 Å². The summed E-state index contributed by atoms with van der Waals surface area (Å²) >= 11 is 0. The number of likely N-dealkylation sites (tertiary alicyclic amines) is 1. The van der Waals surface area contributed by atoms with Crippen molar-refractivity contribution in [1.29, 1.82) is 0 Å². The molecule has 0 aliphatic carbocycles. The third kappa shape index (κ3) is 3.23. The smallest absolute Gasteiger partial charge is 0.258 e. The largest absolute Gasteiger partial charge is 0.496 e. The Morgan fingerprint density at radius 3 is 2.74 bits per heavy atom. The number of nitrogens with zero attached hydrogens (tertiary/aromatic N) is 1. The van der Waals surface area contributed by atoms with Crippen molar-refractivity contribution >= 4 is 5.91 Å². The second kappa shape index (κ2) is 6.02. The molecule has 0 unspecified atom stereocenters. The zero-order valence-electron chi connectivity index (χ0n) is 11.3. The molecule has 0 aromatic heterocycles. The van der Waals surface area contributed by atoms with Crippen LogP contribution in [-0.2, 0) is 0 Å². The lowest BCUT2D eigenvalue weighted by Gasteiger charge is -2.29. The molecule has 0 bridgehead atoms. The molecule has 19 heavy (non-hydrogen) atoms. The molecule has 5 heteroatoms. The minimum Gasteiger partial charge on any atom is -0.496 e. The maximum Gasteiger partial charge on any atom is 0.258 e. The van der Waals surface area contributed by atoms with Crippen LogP contribution in [0, 0.1) is 5.82 Å². The highest BCUT2D eigenvalue weighted by molar-refractivity contribution is 5.97. The van der Waals surface area contributed by atoms with Crippen LogP contribution in [0.2, 0.25) is 0 Å². The van der Waals surface area contributed by atoms with Crippen LogP contribution >= 0.6 is 0 Å². The maximum absolute atomic E-state index is 13.8. The highest BCUT2D eigenvalue weighted by Crippen LogP contribution is 2.21. The second-order valence-corrected chi connectivity index (χ2v) is 4.87. The fraction of sp³-hybridized carbons (Fsp3) is 0.500. The van der Waals surface area contributed by atoms with E-state index in [0.717, 1.165) is 25.9 Å². The van der Waals surface area contributed by atoms with Crippen LogP contribution in [0.4, 0.5) is 4.39 Å². The Balaban J connectivity index is 2.08. The summed E-state index contributed by atoms with van der Waals surface area (Å²) in [5.41, 5.74) is -0.0103. The average Bonchev–Trinajstić information content (AvgIpc) is 2.40. The molecule has 1 amide bonds. The third-order valence-corrected chi connectivity index (χ3v) is 3.48. The Bertz CT molecular complexity index is 457. The van der Waals surface area contributed by atoms with E-state index in [4.69, 9.17) is 4.74 Å². The zero-order valence-corrected chi connectivity index (χ0v) is 11.3. The molecule has 1 aliphatic heterocycles. The van der Waals surface area contributed by atoms with Gasteiger partial charge in [0.2, 0.25) is 0 Å². The molecule has 0 atom stereocenters. The van der Waals surface area contributed by atoms with E-state index in [1.165, 1.54) is 19.2 Å². The van der Waals surface area contributed by atoms with Crippen LogP contribution in [-0.4, -0.2) is 44.1 Å². The van der Waals surface area contributed by atoms with Gasteiger partial charge in [0, 0.05) is 6.04 Å². The lowest BCUT2D eigenvalue weighted by atomic mass is 10.0. The summed E-state index contributed by atoms with van der Waals surface area (Å²) in [7, 11) is 3.49. The molecule has 0 radical (unpaired) electrons. The molecule has 1 N–H and O–H groups in total. The van der Waals surface area contributed by atoms with E-state index in [1.54, 1.807) is 6.07 Å². The third-order valence-electron chi connectivity index (χ3n) is 3.48. The lowest BCUT2D eigenvalue weighted by molar-refractivity contribution is 0.0909. The molecule has 104 valence electrons. The number of ether oxygens (including phenoxy) is 1. The van der Waals surface area contributed by atoms with Crippen LogP contribution in [0.25, 0.3) is 0 Å². The number of piperidine rings is 1. The Labute approximate surface area is 112 Å². The quantitative estimate of drug-likeness (QED) is 0.904. The summed E-state index contributed by atoms with van der Waals surface area (Å²) in [4.78, 5) is 14.4. The van der Waals surface area contributed by atoms with Gasteiger partial charge in [0.05, 0.1) is 7.11 Å². The van der Waals surface area contributed by atoms with Gasteiger partial charge < -0.3 is 15.0 Å². The monoisotopic (exact) mass is 266 g/mol. The summed E-state index contributed by atoms with van der Waals surface area (Å²) in [6.45, 7) is 1.89. The van der Waals surface area contributed by atoms with Crippen molar-refractivity contribution in [2.75, 3.05) is 27.2 Å². The summed E-state index contributed by atoms with van der Waals surface area (Å²) in [6, 6.07) is 4.49. The highest BCUT2D eigenvalue weighted by atomic mass is 19.1. The first kappa shape index (κ1) is 13.8. The summed E-state index contributed by atoms with van der Waals surface area (Å²) in [5, 5.41) is 2.89. The first-order valence-electron chi connectivity index (χ1n) is 6.43. The zero-order chi connectivity index (χ0) is 13.8. The van der Waals surface area contributed by atoms with Crippen molar-refractivity contribution in [3.63, 3.8) is 0 Å². The predicted molar refractivity (Wildman–Crippen MR) is 70.9 cm³/mol. The number of rotatable bonds is 3. The molecule has 2 rings (SSSR count). The minimum atomic E-state index is -0.551. The van der Waals surface area contributed by atoms with Crippen LogP contribution < -0.4 is 10.1 Å². The maximum atomic E-state index is 13.8. The van der Waals surface area contributed by atoms with E-state index in [9.17, 15) is 9.18 Å². The van der Waals surface area contributed by atoms with Gasteiger partial charge in [-0.25, -0.2) is 4.39 Å². The van der Waals surface area contributed by atoms with E-state index < -0.39 is 11.7 Å². The summed E-state index contributed by atoms with van der Waals surface area (Å²) in [5.74, 6) is -0.681. The molecule has 1 heterocycles. The number of halogens is 1. The van der Waals surface area contributed by atoms with Crippen LogP contribution in [0.15, 0.2) is 18.2 Å². The predicted octanol–water partition coefficient (Wildman–Crippen LogP) is 1.66.